The maximum absolute atomic E-state index is 4.24. The van der Waals surface area contributed by atoms with Gasteiger partial charge in [0.05, 0.1) is 0 Å². The lowest BCUT2D eigenvalue weighted by atomic mass is 9.70. The Kier molecular flexibility index (Phi) is 36.2. The number of hydrogen-bond donors (Lipinski definition) is 0. The summed E-state index contributed by atoms with van der Waals surface area (Å²) in [7, 11) is 0. The summed E-state index contributed by atoms with van der Waals surface area (Å²) in [6.45, 7) is 48.6. The summed E-state index contributed by atoms with van der Waals surface area (Å²) in [5.74, 6) is 14.0. The van der Waals surface area contributed by atoms with Crippen LogP contribution in [0.2, 0.25) is 0 Å². The molecule has 0 amide bonds. The quantitative estimate of drug-likeness (QED) is 0.0203. The molecule has 6 aliphatic carbocycles. The fraction of sp³-hybridized carbons (Fsp3) is 0.425. The third-order valence-electron chi connectivity index (χ3n) is 35.2. The van der Waals surface area contributed by atoms with Gasteiger partial charge in [-0.1, -0.05) is 475 Å². The zero-order chi connectivity index (χ0) is 103. The molecule has 0 spiro atoms. The van der Waals surface area contributed by atoms with Crippen LogP contribution in [0.5, 0.6) is 0 Å². The lowest BCUT2D eigenvalue weighted by Gasteiger charge is -2.33. The molecule has 0 N–H and O–H groups in total. The number of fused-ring (bicyclic) bond motifs is 18. The van der Waals surface area contributed by atoms with Gasteiger partial charge in [0.2, 0.25) is 0 Å². The molecule has 0 nitrogen and oxygen atoms in total. The Bertz CT molecular complexity index is 6670. The first kappa shape index (κ1) is 107. The second-order valence-electron chi connectivity index (χ2n) is 45.4. The minimum absolute atomic E-state index is 0.0773. The Balaban J connectivity index is 0.000000157. The van der Waals surface area contributed by atoms with E-state index >= 15 is 0 Å². The maximum Gasteiger partial charge on any atom is 0.0433 e. The smallest absolute Gasteiger partial charge is 0.0433 e. The van der Waals surface area contributed by atoms with Gasteiger partial charge in [0.25, 0.3) is 0 Å². The van der Waals surface area contributed by atoms with Crippen LogP contribution in [0.25, 0.3) is 100 Å². The molecule has 0 saturated heterocycles. The highest BCUT2D eigenvalue weighted by Gasteiger charge is 2.50. The minimum atomic E-state index is -0.232. The van der Waals surface area contributed by atoms with E-state index in [-0.39, 0.29) is 32.5 Å². The van der Waals surface area contributed by atoms with Gasteiger partial charge >= 0.3 is 0 Å². The lowest BCUT2D eigenvalue weighted by molar-refractivity contribution is 0.398. The van der Waals surface area contributed by atoms with Crippen LogP contribution in [0.3, 0.4) is 0 Å². The highest BCUT2D eigenvalue weighted by molar-refractivity contribution is 5.92. The van der Waals surface area contributed by atoms with Crippen molar-refractivity contribution in [1.82, 2.24) is 0 Å². The second kappa shape index (κ2) is 49.2. The number of allylic oxidation sites excluding steroid dienone is 4. The lowest BCUT2D eigenvalue weighted by Crippen LogP contribution is -2.26. The van der Waals surface area contributed by atoms with Gasteiger partial charge in [-0.15, -0.1) is 50.0 Å². The summed E-state index contributed by atoms with van der Waals surface area (Å²) in [4.78, 5) is 0. The summed E-state index contributed by atoms with van der Waals surface area (Å²) in [6.07, 6.45) is 59.8. The summed E-state index contributed by atoms with van der Waals surface area (Å²) >= 11 is 0. The van der Waals surface area contributed by atoms with Crippen LogP contribution in [0.15, 0.2) is 269 Å². The van der Waals surface area contributed by atoms with Crippen LogP contribution in [-0.2, 0) is 32.5 Å². The van der Waals surface area contributed by atoms with Crippen molar-refractivity contribution < 1.29 is 0 Å². The summed E-state index contributed by atoms with van der Waals surface area (Å²) in [5.41, 5.74) is 50.8. The Morgan fingerprint density at radius 3 is 0.534 bits per heavy atom. The first-order valence-corrected chi connectivity index (χ1v) is 58.2. The van der Waals surface area contributed by atoms with E-state index in [1.165, 1.54) is 385 Å². The van der Waals surface area contributed by atoms with E-state index < -0.39 is 0 Å². The topological polar surface area (TPSA) is 0 Å². The number of benzene rings is 12. The first-order chi connectivity index (χ1) is 71.3. The van der Waals surface area contributed by atoms with Crippen molar-refractivity contribution in [2.75, 3.05) is 0 Å². The summed E-state index contributed by atoms with van der Waals surface area (Å²) in [6, 6.07) is 87.2. The van der Waals surface area contributed by atoms with Crippen molar-refractivity contribution in [2.24, 2.45) is 0 Å². The van der Waals surface area contributed by atoms with E-state index in [9.17, 15) is 0 Å². The number of rotatable bonds is 47. The van der Waals surface area contributed by atoms with Gasteiger partial charge in [0, 0.05) is 58.2 Å². The molecule has 6 aliphatic rings. The molecule has 146 heavy (non-hydrogen) atoms. The van der Waals surface area contributed by atoms with Crippen molar-refractivity contribution in [3.05, 3.63) is 369 Å². The van der Waals surface area contributed by atoms with Crippen LogP contribution in [0.1, 0.15) is 425 Å². The molecular weight excluding hydrogens is 1750 g/mol. The van der Waals surface area contributed by atoms with E-state index in [0.29, 0.717) is 0 Å². The molecule has 0 saturated carbocycles. The van der Waals surface area contributed by atoms with E-state index in [1.54, 1.807) is 33.4 Å². The zero-order valence-electron chi connectivity index (χ0n) is 92.6. The minimum Gasteiger partial charge on any atom is -0.104 e. The van der Waals surface area contributed by atoms with Gasteiger partial charge in [-0.3, -0.25) is 0 Å². The molecule has 0 aromatic heterocycles. The summed E-state index contributed by atoms with van der Waals surface area (Å²) in [5, 5.41) is 0. The van der Waals surface area contributed by atoms with Crippen LogP contribution >= 0.6 is 0 Å². The number of aryl methyl sites for hydroxylation is 6. The standard InChI is InChI=1S/C50H62.C50H58.C46H54/c1-7-11-13-15-17-19-31-50(32-20-18-16-14-12-8-2)46-34-38(6)22-26-42(46)44-28-24-40(36-48(44)50)39-23-27-43-41-25-21-37(5)33-45(41)49(29-9-3,30-10-4)47(43)35-39;1-7-11-15-19-31-50(32-20-16-12-8-2)46-34-38(6)22-26-42(46)44-28-24-40(36-48(44)50)39-23-27-43-41-25-21-37(5)33-45(41)49(47(43)35-39,29-17-13-9-3)30-18-14-10-4;1-7-11-13-15-27-46(28-16-14-12-8-2)42-30-34(6)18-22-38(42)40-24-20-36(32-44(40)46)35-19-23-39-37-21-17-33(5)29-41(37)45(25-9-3,26-10-4)43(39)31-35/h9-10,21-28,33-36H,3-4,7-8,11-20,29-32H2,1-2,5-6H3;21-28,33-36H,7-12,15-16,19-20,29-32H2,1-6H3;9-10,17-24,29-32H,3-4,7-8,11-16,25-28H2,1-2,5-6H3. The fourth-order valence-electron chi connectivity index (χ4n) is 27.7. The van der Waals surface area contributed by atoms with E-state index in [1.807, 2.05) is 0 Å². The average molecular weight is 1930 g/mol. The average Bonchev–Trinajstić information content (AvgIpc) is 1.61. The Morgan fingerprint density at radius 1 is 0.178 bits per heavy atom. The molecular formula is C146H174. The van der Waals surface area contributed by atoms with Gasteiger partial charge in [-0.25, -0.2) is 0 Å². The van der Waals surface area contributed by atoms with Crippen LogP contribution in [0.4, 0.5) is 0 Å². The molecule has 0 unspecified atom stereocenters. The highest BCUT2D eigenvalue weighted by Crippen LogP contribution is 2.63. The predicted octanol–water partition coefficient (Wildman–Crippen LogP) is 42.8. The largest absolute Gasteiger partial charge is 0.104 e. The SMILES string of the molecule is C=CCC1(CC=C)c2cc(C)ccc2-c2ccc(-c3ccc4c(c3)C(CCCCCC)(CCCCCC)c3cc(C)ccc3-4)cc21.C=CCC1(CC=C)c2cc(C)ccc2-c2ccc(-c3ccc4c(c3)C(CCCCCCCC)(CCCCCCCC)c3cc(C)ccc3-4)cc21.CCC#CCC1(CC#CCC)c2cc(C)ccc2-c2ccc(-c3ccc4c(c3)C(CCCCCC)(CCCCCC)c3cc(C)ccc3-4)cc21. The van der Waals surface area contributed by atoms with Crippen LogP contribution < -0.4 is 0 Å². The molecule has 12 aromatic rings. The first-order valence-electron chi connectivity index (χ1n) is 58.2. The Morgan fingerprint density at radius 2 is 0.336 bits per heavy atom. The van der Waals surface area contributed by atoms with E-state index in [4.69, 9.17) is 0 Å². The summed E-state index contributed by atoms with van der Waals surface area (Å²) < 4.78 is 0. The van der Waals surface area contributed by atoms with Gasteiger partial charge in [0.1, 0.15) is 0 Å². The molecule has 0 atom stereocenters. The highest BCUT2D eigenvalue weighted by atomic mass is 14.5. The second-order valence-corrected chi connectivity index (χ2v) is 45.4. The normalized spacial score (nSPS) is 14.5. The number of unbranched alkanes of at least 4 members (excludes halogenated alkanes) is 22. The molecule has 0 heterocycles. The molecule has 758 valence electrons. The van der Waals surface area contributed by atoms with Crippen molar-refractivity contribution >= 4 is 0 Å². The van der Waals surface area contributed by atoms with Crippen molar-refractivity contribution in [1.29, 1.82) is 0 Å². The third-order valence-corrected chi connectivity index (χ3v) is 35.2. The van der Waals surface area contributed by atoms with Crippen molar-refractivity contribution in [3.63, 3.8) is 0 Å². The molecule has 12 aromatic carbocycles. The molecule has 0 heteroatoms. The van der Waals surface area contributed by atoms with E-state index in [0.717, 1.165) is 51.4 Å². The molecule has 0 radical (unpaired) electrons. The van der Waals surface area contributed by atoms with Crippen molar-refractivity contribution in [2.45, 2.75) is 399 Å². The van der Waals surface area contributed by atoms with Crippen LogP contribution in [0, 0.1) is 65.2 Å². The third kappa shape index (κ3) is 21.6. The maximum atomic E-state index is 4.24. The molecule has 18 rings (SSSR count). The number of hydrogen-bond acceptors (Lipinski definition) is 0. The zero-order valence-corrected chi connectivity index (χ0v) is 92.6. The Hall–Kier alpha value is -11.3. The van der Waals surface area contributed by atoms with Gasteiger partial charge in [-0.05, 0) is 309 Å². The monoisotopic (exact) mass is 1930 g/mol. The Labute approximate surface area is 885 Å². The van der Waals surface area contributed by atoms with Crippen molar-refractivity contribution in [3.8, 4) is 124 Å². The molecule has 0 aliphatic heterocycles. The predicted molar refractivity (Wildman–Crippen MR) is 637 cm³/mol. The molecule has 0 bridgehead atoms. The van der Waals surface area contributed by atoms with Gasteiger partial charge in [-0.2, -0.15) is 0 Å². The van der Waals surface area contributed by atoms with Crippen LogP contribution in [-0.4, -0.2) is 0 Å². The molecule has 0 fully saturated rings. The van der Waals surface area contributed by atoms with Gasteiger partial charge in [0.15, 0.2) is 0 Å². The van der Waals surface area contributed by atoms with E-state index in [2.05, 4.69) is 390 Å². The van der Waals surface area contributed by atoms with Gasteiger partial charge < -0.3 is 0 Å². The fourth-order valence-corrected chi connectivity index (χ4v) is 27.7.